The molecule has 0 saturated heterocycles. The molecule has 2 aromatic rings. The normalized spacial score (nSPS) is 10.4. The molecule has 0 bridgehead atoms. The van der Waals surface area contributed by atoms with E-state index in [1.54, 1.807) is 12.1 Å². The highest BCUT2D eigenvalue weighted by Crippen LogP contribution is 2.36. The van der Waals surface area contributed by atoms with Gasteiger partial charge in [-0.15, -0.1) is 0 Å². The fourth-order valence-electron chi connectivity index (χ4n) is 1.96. The van der Waals surface area contributed by atoms with Crippen molar-refractivity contribution in [3.05, 3.63) is 41.5 Å². The van der Waals surface area contributed by atoms with Crippen LogP contribution in [0.1, 0.15) is 11.1 Å². The molecule has 0 radical (unpaired) electrons. The van der Waals surface area contributed by atoms with Crippen LogP contribution in [0, 0.1) is 0 Å². The van der Waals surface area contributed by atoms with Gasteiger partial charge in [-0.2, -0.15) is 0 Å². The third-order valence-electron chi connectivity index (χ3n) is 3.08. The first kappa shape index (κ1) is 13.9. The summed E-state index contributed by atoms with van der Waals surface area (Å²) in [5.41, 5.74) is 1.65. The van der Waals surface area contributed by atoms with Crippen molar-refractivity contribution in [2.24, 2.45) is 0 Å². The summed E-state index contributed by atoms with van der Waals surface area (Å²) in [5.74, 6) is -0.605. The quantitative estimate of drug-likeness (QED) is 0.643. The van der Waals surface area contributed by atoms with Crippen molar-refractivity contribution in [1.82, 2.24) is 0 Å². The van der Waals surface area contributed by atoms with Crippen LogP contribution in [0.25, 0.3) is 0 Å². The van der Waals surface area contributed by atoms with E-state index in [1.165, 1.54) is 25.3 Å². The molecule has 2 aromatic carbocycles. The Labute approximate surface area is 116 Å². The molecule has 0 heterocycles. The Morgan fingerprint density at radius 2 is 1.45 bits per heavy atom. The summed E-state index contributed by atoms with van der Waals surface area (Å²) in [6, 6.07) is 7.76. The molecular weight excluding hydrogens is 260 g/mol. The van der Waals surface area contributed by atoms with Gasteiger partial charge in [0.05, 0.1) is 7.11 Å². The average molecular weight is 276 g/mol. The second-order valence-corrected chi connectivity index (χ2v) is 4.49. The molecule has 0 aliphatic heterocycles. The maximum Gasteiger partial charge on any atom is 0.200 e. The van der Waals surface area contributed by atoms with Crippen LogP contribution in [0.4, 0.5) is 0 Å². The Morgan fingerprint density at radius 1 is 0.800 bits per heavy atom. The van der Waals surface area contributed by atoms with Crippen LogP contribution in [0.2, 0.25) is 0 Å². The molecule has 5 heteroatoms. The average Bonchev–Trinajstić information content (AvgIpc) is 2.43. The molecule has 0 unspecified atom stereocenters. The number of aromatic hydroxyl groups is 4. The standard InChI is InChI=1S/C15H16O5/c1-20-14-8-10(7-13(18)15(14)19)3-2-9-4-5-11(16)12(17)6-9/h4-8,16-19H,2-3H2,1H3. The smallest absolute Gasteiger partial charge is 0.200 e. The lowest BCUT2D eigenvalue weighted by Gasteiger charge is -2.09. The Kier molecular flexibility index (Phi) is 3.89. The van der Waals surface area contributed by atoms with Gasteiger partial charge in [-0.1, -0.05) is 6.07 Å². The van der Waals surface area contributed by atoms with Crippen LogP contribution in [0.15, 0.2) is 30.3 Å². The number of hydrogen-bond donors (Lipinski definition) is 4. The maximum atomic E-state index is 9.59. The SMILES string of the molecule is COc1cc(CCc2ccc(O)c(O)c2)cc(O)c1O. The van der Waals surface area contributed by atoms with E-state index in [2.05, 4.69) is 0 Å². The molecule has 0 aliphatic rings. The maximum absolute atomic E-state index is 9.59. The summed E-state index contributed by atoms with van der Waals surface area (Å²) >= 11 is 0. The molecule has 106 valence electrons. The third-order valence-corrected chi connectivity index (χ3v) is 3.08. The Hall–Kier alpha value is -2.56. The van der Waals surface area contributed by atoms with E-state index < -0.39 is 0 Å². The van der Waals surface area contributed by atoms with Gasteiger partial charge in [-0.25, -0.2) is 0 Å². The number of rotatable bonds is 4. The molecule has 2 rings (SSSR count). The lowest BCUT2D eigenvalue weighted by atomic mass is 10.0. The zero-order valence-electron chi connectivity index (χ0n) is 11.0. The summed E-state index contributed by atoms with van der Waals surface area (Å²) in [6.45, 7) is 0. The van der Waals surface area contributed by atoms with Crippen LogP contribution in [0.3, 0.4) is 0 Å². The second-order valence-electron chi connectivity index (χ2n) is 4.49. The van der Waals surface area contributed by atoms with Crippen molar-refractivity contribution in [3.8, 4) is 28.7 Å². The molecule has 0 aliphatic carbocycles. The predicted molar refractivity (Wildman–Crippen MR) is 73.5 cm³/mol. The van der Waals surface area contributed by atoms with Gasteiger partial charge >= 0.3 is 0 Å². The van der Waals surface area contributed by atoms with Crippen molar-refractivity contribution >= 4 is 0 Å². The highest BCUT2D eigenvalue weighted by Gasteiger charge is 2.10. The molecule has 0 spiro atoms. The van der Waals surface area contributed by atoms with Gasteiger partial charge in [0.15, 0.2) is 23.0 Å². The van der Waals surface area contributed by atoms with Crippen molar-refractivity contribution in [1.29, 1.82) is 0 Å². The lowest BCUT2D eigenvalue weighted by Crippen LogP contribution is -1.93. The Morgan fingerprint density at radius 3 is 2.10 bits per heavy atom. The number of methoxy groups -OCH3 is 1. The number of ether oxygens (including phenoxy) is 1. The Balaban J connectivity index is 2.14. The van der Waals surface area contributed by atoms with E-state index in [9.17, 15) is 20.4 Å². The van der Waals surface area contributed by atoms with Crippen LogP contribution in [-0.4, -0.2) is 27.5 Å². The molecule has 0 saturated carbocycles. The minimum absolute atomic E-state index is 0.155. The fraction of sp³-hybridized carbons (Fsp3) is 0.200. The van der Waals surface area contributed by atoms with E-state index in [-0.39, 0.29) is 28.7 Å². The van der Waals surface area contributed by atoms with Crippen molar-refractivity contribution in [2.45, 2.75) is 12.8 Å². The molecule has 20 heavy (non-hydrogen) atoms. The summed E-state index contributed by atoms with van der Waals surface area (Å²) in [7, 11) is 1.41. The zero-order chi connectivity index (χ0) is 14.7. The van der Waals surface area contributed by atoms with Crippen molar-refractivity contribution in [2.75, 3.05) is 7.11 Å². The van der Waals surface area contributed by atoms with Gasteiger partial charge in [0.2, 0.25) is 5.75 Å². The molecule has 0 atom stereocenters. The first-order valence-corrected chi connectivity index (χ1v) is 6.11. The number of phenolic OH excluding ortho intramolecular Hbond substituents is 4. The van der Waals surface area contributed by atoms with Gasteiger partial charge in [-0.3, -0.25) is 0 Å². The molecule has 0 aromatic heterocycles. The van der Waals surface area contributed by atoms with Crippen LogP contribution in [-0.2, 0) is 12.8 Å². The second kappa shape index (κ2) is 5.61. The summed E-state index contributed by atoms with van der Waals surface area (Å²) < 4.78 is 4.97. The van der Waals surface area contributed by atoms with Crippen LogP contribution < -0.4 is 4.74 Å². The lowest BCUT2D eigenvalue weighted by molar-refractivity contribution is 0.350. The number of benzene rings is 2. The van der Waals surface area contributed by atoms with Crippen LogP contribution in [0.5, 0.6) is 28.7 Å². The van der Waals surface area contributed by atoms with E-state index >= 15 is 0 Å². The number of hydrogen-bond acceptors (Lipinski definition) is 5. The topological polar surface area (TPSA) is 90.2 Å². The minimum Gasteiger partial charge on any atom is -0.504 e. The van der Waals surface area contributed by atoms with E-state index in [1.807, 2.05) is 0 Å². The van der Waals surface area contributed by atoms with Gasteiger partial charge < -0.3 is 25.2 Å². The van der Waals surface area contributed by atoms with Gasteiger partial charge in [0.25, 0.3) is 0 Å². The number of aryl methyl sites for hydroxylation is 2. The first-order valence-electron chi connectivity index (χ1n) is 6.11. The van der Waals surface area contributed by atoms with Gasteiger partial charge in [0, 0.05) is 0 Å². The summed E-state index contributed by atoms with van der Waals surface area (Å²) in [4.78, 5) is 0. The monoisotopic (exact) mass is 276 g/mol. The fourth-order valence-corrected chi connectivity index (χ4v) is 1.96. The van der Waals surface area contributed by atoms with Crippen molar-refractivity contribution < 1.29 is 25.2 Å². The van der Waals surface area contributed by atoms with E-state index in [0.29, 0.717) is 12.8 Å². The highest BCUT2D eigenvalue weighted by molar-refractivity contribution is 5.52. The first-order chi connectivity index (χ1) is 9.51. The largest absolute Gasteiger partial charge is 0.504 e. The predicted octanol–water partition coefficient (Wildman–Crippen LogP) is 2.30. The molecular formula is C15H16O5. The van der Waals surface area contributed by atoms with E-state index in [4.69, 9.17) is 4.74 Å². The minimum atomic E-state index is -0.279. The van der Waals surface area contributed by atoms with Crippen molar-refractivity contribution in [3.63, 3.8) is 0 Å². The molecule has 4 N–H and O–H groups in total. The van der Waals surface area contributed by atoms with Gasteiger partial charge in [-0.05, 0) is 48.2 Å². The zero-order valence-corrected chi connectivity index (χ0v) is 11.0. The highest BCUT2D eigenvalue weighted by atomic mass is 16.5. The molecule has 5 nitrogen and oxygen atoms in total. The molecule has 0 fully saturated rings. The van der Waals surface area contributed by atoms with Gasteiger partial charge in [0.1, 0.15) is 0 Å². The Bertz CT molecular complexity index is 622. The number of phenols is 4. The van der Waals surface area contributed by atoms with E-state index in [0.717, 1.165) is 11.1 Å². The summed E-state index contributed by atoms with van der Waals surface area (Å²) in [6.07, 6.45) is 1.20. The molecule has 0 amide bonds. The van der Waals surface area contributed by atoms with Crippen LogP contribution >= 0.6 is 0 Å². The summed E-state index contributed by atoms with van der Waals surface area (Å²) in [5, 5.41) is 37.8. The third kappa shape index (κ3) is 2.88.